The molecule has 1 N–H and O–H groups in total. The maximum absolute atomic E-state index is 12.0. The number of rotatable bonds is 6. The third-order valence-electron chi connectivity index (χ3n) is 4.73. The fourth-order valence-electron chi connectivity index (χ4n) is 3.07. The lowest BCUT2D eigenvalue weighted by Crippen LogP contribution is -2.14. The summed E-state index contributed by atoms with van der Waals surface area (Å²) >= 11 is 0. The Bertz CT molecular complexity index is 1180. The molecule has 1 aliphatic rings. The molecule has 0 bridgehead atoms. The number of anilines is 1. The number of carbonyl (C=O) groups is 1. The molecule has 1 fully saturated rings. The highest BCUT2D eigenvalue weighted by Crippen LogP contribution is 2.30. The van der Waals surface area contributed by atoms with Crippen molar-refractivity contribution in [3.05, 3.63) is 54.7 Å². The molecule has 0 atom stereocenters. The number of hydrogen-bond acceptors (Lipinski definition) is 6. The Morgan fingerprint density at radius 2 is 2.03 bits per heavy atom. The molecule has 4 aromatic rings. The number of pyridine rings is 1. The quantitative estimate of drug-likeness (QED) is 0.544. The van der Waals surface area contributed by atoms with Gasteiger partial charge in [-0.3, -0.25) is 14.8 Å². The van der Waals surface area contributed by atoms with Crippen LogP contribution in [0.25, 0.3) is 16.8 Å². The molecule has 3 aromatic heterocycles. The summed E-state index contributed by atoms with van der Waals surface area (Å²) in [5, 5.41) is 11.4. The molecule has 3 heterocycles. The molecule has 1 aromatic carbocycles. The first-order valence-corrected chi connectivity index (χ1v) is 9.40. The highest BCUT2D eigenvalue weighted by molar-refractivity contribution is 5.93. The van der Waals surface area contributed by atoms with Crippen LogP contribution in [0.2, 0.25) is 0 Å². The van der Waals surface area contributed by atoms with E-state index in [1.54, 1.807) is 15.5 Å². The van der Waals surface area contributed by atoms with E-state index >= 15 is 0 Å². The van der Waals surface area contributed by atoms with Gasteiger partial charge in [0.25, 0.3) is 0 Å². The third-order valence-corrected chi connectivity index (χ3v) is 4.73. The average molecular weight is 389 g/mol. The lowest BCUT2D eigenvalue weighted by atomic mass is 10.1. The van der Waals surface area contributed by atoms with Crippen LogP contribution in [0.3, 0.4) is 0 Å². The van der Waals surface area contributed by atoms with Crippen LogP contribution in [0.15, 0.2) is 48.9 Å². The molecule has 1 amide bonds. The second-order valence-electron chi connectivity index (χ2n) is 7.04. The normalized spacial score (nSPS) is 13.6. The van der Waals surface area contributed by atoms with Gasteiger partial charge >= 0.3 is 0 Å². The van der Waals surface area contributed by atoms with Gasteiger partial charge in [-0.15, -0.1) is 5.10 Å². The Morgan fingerprint density at radius 1 is 1.21 bits per heavy atom. The van der Waals surface area contributed by atoms with Crippen molar-refractivity contribution >= 4 is 17.5 Å². The molecule has 0 unspecified atom stereocenters. The van der Waals surface area contributed by atoms with E-state index in [0.717, 1.165) is 29.7 Å². The van der Waals surface area contributed by atoms with Crippen molar-refractivity contribution < 1.29 is 9.53 Å². The Morgan fingerprint density at radius 3 is 2.76 bits per heavy atom. The van der Waals surface area contributed by atoms with Gasteiger partial charge in [-0.05, 0) is 42.7 Å². The lowest BCUT2D eigenvalue weighted by molar-refractivity contribution is -0.117. The van der Waals surface area contributed by atoms with E-state index in [1.165, 1.54) is 0 Å². The van der Waals surface area contributed by atoms with E-state index in [1.807, 2.05) is 49.6 Å². The summed E-state index contributed by atoms with van der Waals surface area (Å²) in [4.78, 5) is 20.6. The molecule has 9 heteroatoms. The maximum Gasteiger partial charge on any atom is 0.249 e. The van der Waals surface area contributed by atoms with E-state index in [-0.39, 0.29) is 11.8 Å². The highest BCUT2D eigenvalue weighted by Gasteiger charge is 2.30. The van der Waals surface area contributed by atoms with Crippen molar-refractivity contribution in [1.82, 2.24) is 29.4 Å². The maximum atomic E-state index is 12.0. The molecule has 9 nitrogen and oxygen atoms in total. The summed E-state index contributed by atoms with van der Waals surface area (Å²) in [6.45, 7) is 0.310. The SMILES string of the molecule is Cn1cnc(COc2ccc(-c3cccn4nc(NC(=O)C5CC5)nc34)cc2)n1. The first-order valence-electron chi connectivity index (χ1n) is 9.40. The molecule has 0 spiro atoms. The Hall–Kier alpha value is -3.75. The number of nitrogens with one attached hydrogen (secondary N) is 1. The molecule has 0 aliphatic heterocycles. The minimum absolute atomic E-state index is 0.00801. The topological polar surface area (TPSA) is 99.2 Å². The molecule has 5 rings (SSSR count). The van der Waals surface area contributed by atoms with Gasteiger partial charge < -0.3 is 4.74 Å². The van der Waals surface area contributed by atoms with Crippen LogP contribution in [0.4, 0.5) is 5.95 Å². The number of nitrogens with zero attached hydrogens (tertiary/aromatic N) is 6. The fourth-order valence-corrected chi connectivity index (χ4v) is 3.07. The molecular formula is C20H19N7O2. The number of aryl methyl sites for hydroxylation is 1. The summed E-state index contributed by atoms with van der Waals surface area (Å²) in [7, 11) is 1.82. The van der Waals surface area contributed by atoms with Crippen LogP contribution in [-0.2, 0) is 18.4 Å². The minimum Gasteiger partial charge on any atom is -0.486 e. The molecule has 0 radical (unpaired) electrons. The summed E-state index contributed by atoms with van der Waals surface area (Å²) in [5.41, 5.74) is 2.58. The summed E-state index contributed by atoms with van der Waals surface area (Å²) in [6, 6.07) is 11.6. The van der Waals surface area contributed by atoms with Crippen LogP contribution in [0, 0.1) is 5.92 Å². The predicted molar refractivity (Wildman–Crippen MR) is 105 cm³/mol. The van der Waals surface area contributed by atoms with Gasteiger partial charge in [0.1, 0.15) is 18.7 Å². The first kappa shape index (κ1) is 17.4. The number of hydrogen-bond donors (Lipinski definition) is 1. The molecule has 1 saturated carbocycles. The van der Waals surface area contributed by atoms with Crippen molar-refractivity contribution in [3.63, 3.8) is 0 Å². The summed E-state index contributed by atoms with van der Waals surface area (Å²) in [5.74, 6) is 1.79. The molecule has 29 heavy (non-hydrogen) atoms. The summed E-state index contributed by atoms with van der Waals surface area (Å²) in [6.07, 6.45) is 5.34. The molecule has 146 valence electrons. The van der Waals surface area contributed by atoms with E-state index < -0.39 is 0 Å². The van der Waals surface area contributed by atoms with Crippen LogP contribution in [-0.4, -0.2) is 35.3 Å². The van der Waals surface area contributed by atoms with Crippen molar-refractivity contribution in [2.75, 3.05) is 5.32 Å². The van der Waals surface area contributed by atoms with E-state index in [9.17, 15) is 4.79 Å². The van der Waals surface area contributed by atoms with Gasteiger partial charge in [-0.25, -0.2) is 9.50 Å². The van der Waals surface area contributed by atoms with E-state index in [2.05, 4.69) is 25.5 Å². The monoisotopic (exact) mass is 389 g/mol. The predicted octanol–water partition coefficient (Wildman–Crippen LogP) is 2.45. The molecular weight excluding hydrogens is 370 g/mol. The van der Waals surface area contributed by atoms with Gasteiger partial charge in [0, 0.05) is 24.7 Å². The smallest absolute Gasteiger partial charge is 0.249 e. The van der Waals surface area contributed by atoms with Crippen molar-refractivity contribution in [2.45, 2.75) is 19.4 Å². The van der Waals surface area contributed by atoms with Crippen LogP contribution in [0.5, 0.6) is 5.75 Å². The average Bonchev–Trinajstić information content (AvgIpc) is 3.38. The van der Waals surface area contributed by atoms with Gasteiger partial charge in [-0.2, -0.15) is 10.1 Å². The van der Waals surface area contributed by atoms with Crippen LogP contribution in [0.1, 0.15) is 18.7 Å². The number of carbonyl (C=O) groups excluding carboxylic acids is 1. The number of ether oxygens (including phenoxy) is 1. The lowest BCUT2D eigenvalue weighted by Gasteiger charge is -2.06. The minimum atomic E-state index is -0.00801. The Kier molecular flexibility index (Phi) is 4.19. The third kappa shape index (κ3) is 3.66. The van der Waals surface area contributed by atoms with Gasteiger partial charge in [0.05, 0.1) is 0 Å². The first-order chi connectivity index (χ1) is 14.2. The standard InChI is InChI=1S/C20H19N7O2/c1-26-12-21-17(24-26)11-29-15-8-6-13(7-9-15)16-3-2-10-27-18(16)22-20(25-27)23-19(28)14-4-5-14/h2-3,6-10,12,14H,4-5,11H2,1H3,(H,23,25,28). The van der Waals surface area contributed by atoms with Gasteiger partial charge in [0.15, 0.2) is 11.5 Å². The zero-order valence-corrected chi connectivity index (χ0v) is 15.8. The van der Waals surface area contributed by atoms with Crippen molar-refractivity contribution in [3.8, 4) is 16.9 Å². The van der Waals surface area contributed by atoms with E-state index in [4.69, 9.17) is 4.74 Å². The van der Waals surface area contributed by atoms with Crippen molar-refractivity contribution in [1.29, 1.82) is 0 Å². The number of aromatic nitrogens is 6. The van der Waals surface area contributed by atoms with Gasteiger partial charge in [-0.1, -0.05) is 12.1 Å². The fraction of sp³-hybridized carbons (Fsp3) is 0.250. The second kappa shape index (κ2) is 7.01. The number of fused-ring (bicyclic) bond motifs is 1. The highest BCUT2D eigenvalue weighted by atomic mass is 16.5. The second-order valence-corrected chi connectivity index (χ2v) is 7.04. The van der Waals surface area contributed by atoms with Crippen molar-refractivity contribution in [2.24, 2.45) is 13.0 Å². The number of amides is 1. The Balaban J connectivity index is 1.35. The Labute approximate surface area is 166 Å². The zero-order chi connectivity index (χ0) is 19.8. The van der Waals surface area contributed by atoms with Gasteiger partial charge in [0.2, 0.25) is 11.9 Å². The summed E-state index contributed by atoms with van der Waals surface area (Å²) < 4.78 is 9.06. The molecule has 0 saturated heterocycles. The number of benzene rings is 1. The van der Waals surface area contributed by atoms with Crippen LogP contribution >= 0.6 is 0 Å². The van der Waals surface area contributed by atoms with E-state index in [0.29, 0.717) is 24.0 Å². The molecule has 1 aliphatic carbocycles. The van der Waals surface area contributed by atoms with Crippen LogP contribution < -0.4 is 10.1 Å². The largest absolute Gasteiger partial charge is 0.486 e. The zero-order valence-electron chi connectivity index (χ0n) is 15.8.